The van der Waals surface area contributed by atoms with Crippen LogP contribution < -0.4 is 4.90 Å². The fourth-order valence-corrected chi connectivity index (χ4v) is 5.46. The lowest BCUT2D eigenvalue weighted by Gasteiger charge is -2.34. The molecule has 1 saturated heterocycles. The van der Waals surface area contributed by atoms with Crippen LogP contribution in [0.2, 0.25) is 0 Å². The number of fused-ring (bicyclic) bond motifs is 3. The largest absolute Gasteiger partial charge is 0.338 e. The quantitative estimate of drug-likeness (QED) is 0.486. The summed E-state index contributed by atoms with van der Waals surface area (Å²) in [6, 6.07) is 16.0. The van der Waals surface area contributed by atoms with E-state index in [2.05, 4.69) is 10.1 Å². The van der Waals surface area contributed by atoms with Crippen molar-refractivity contribution in [3.8, 4) is 6.07 Å². The van der Waals surface area contributed by atoms with E-state index < -0.39 is 10.0 Å². The molecule has 31 heavy (non-hydrogen) atoms. The van der Waals surface area contributed by atoms with Crippen molar-refractivity contribution in [2.45, 2.75) is 11.8 Å². The molecule has 1 aliphatic heterocycles. The van der Waals surface area contributed by atoms with Crippen LogP contribution in [0.1, 0.15) is 11.4 Å². The highest BCUT2D eigenvalue weighted by atomic mass is 32.2. The SMILES string of the molecule is Cc1nc2c3ccccc3nc(N3CCN(S(=O)(=O)c4ccccc4C#N)CC3)n2n1. The van der Waals surface area contributed by atoms with Crippen LogP contribution in [0.15, 0.2) is 53.4 Å². The van der Waals surface area contributed by atoms with Crippen LogP contribution in [0, 0.1) is 18.3 Å². The molecule has 0 radical (unpaired) electrons. The van der Waals surface area contributed by atoms with Crippen molar-refractivity contribution in [3.05, 3.63) is 59.9 Å². The van der Waals surface area contributed by atoms with Crippen molar-refractivity contribution in [3.63, 3.8) is 0 Å². The number of hydrogen-bond acceptors (Lipinski definition) is 7. The van der Waals surface area contributed by atoms with Crippen LogP contribution >= 0.6 is 0 Å². The number of benzene rings is 2. The van der Waals surface area contributed by atoms with E-state index in [4.69, 9.17) is 4.98 Å². The molecule has 9 nitrogen and oxygen atoms in total. The summed E-state index contributed by atoms with van der Waals surface area (Å²) >= 11 is 0. The summed E-state index contributed by atoms with van der Waals surface area (Å²) in [5.41, 5.74) is 1.70. The zero-order valence-electron chi connectivity index (χ0n) is 16.8. The Morgan fingerprint density at radius 3 is 2.45 bits per heavy atom. The lowest BCUT2D eigenvalue weighted by Crippen LogP contribution is -2.49. The Morgan fingerprint density at radius 2 is 1.68 bits per heavy atom. The van der Waals surface area contributed by atoms with E-state index in [0.29, 0.717) is 24.9 Å². The number of hydrogen-bond donors (Lipinski definition) is 0. The van der Waals surface area contributed by atoms with Gasteiger partial charge in [-0.15, -0.1) is 5.10 Å². The molecule has 0 bridgehead atoms. The normalized spacial score (nSPS) is 15.4. The lowest BCUT2D eigenvalue weighted by atomic mass is 10.2. The van der Waals surface area contributed by atoms with E-state index in [0.717, 1.165) is 16.6 Å². The predicted molar refractivity (Wildman–Crippen MR) is 115 cm³/mol. The molecule has 1 aliphatic rings. The molecule has 0 atom stereocenters. The Kier molecular flexibility index (Phi) is 4.57. The molecule has 4 aromatic rings. The number of aryl methyl sites for hydroxylation is 1. The van der Waals surface area contributed by atoms with Crippen molar-refractivity contribution < 1.29 is 8.42 Å². The Morgan fingerprint density at radius 1 is 0.968 bits per heavy atom. The second-order valence-corrected chi connectivity index (χ2v) is 9.23. The van der Waals surface area contributed by atoms with Crippen LogP contribution in [0.4, 0.5) is 5.95 Å². The zero-order chi connectivity index (χ0) is 21.6. The van der Waals surface area contributed by atoms with Gasteiger partial charge in [0.15, 0.2) is 5.65 Å². The van der Waals surface area contributed by atoms with Gasteiger partial charge in [-0.1, -0.05) is 24.3 Å². The van der Waals surface area contributed by atoms with Gasteiger partial charge in [-0.05, 0) is 31.2 Å². The van der Waals surface area contributed by atoms with E-state index in [1.54, 1.807) is 16.6 Å². The molecule has 0 spiro atoms. The summed E-state index contributed by atoms with van der Waals surface area (Å²) in [7, 11) is -3.75. The van der Waals surface area contributed by atoms with E-state index >= 15 is 0 Å². The number of aromatic nitrogens is 4. The maximum atomic E-state index is 13.1. The first kappa shape index (κ1) is 19.4. The Bertz CT molecular complexity index is 1450. The number of nitrogens with zero attached hydrogens (tertiary/aromatic N) is 7. The van der Waals surface area contributed by atoms with Gasteiger partial charge in [-0.2, -0.15) is 14.1 Å². The van der Waals surface area contributed by atoms with E-state index in [1.807, 2.05) is 42.2 Å². The molecule has 5 rings (SSSR count). The van der Waals surface area contributed by atoms with Crippen LogP contribution in [0.3, 0.4) is 0 Å². The topological polar surface area (TPSA) is 107 Å². The van der Waals surface area contributed by atoms with Gasteiger partial charge in [-0.25, -0.2) is 18.4 Å². The average molecular weight is 433 g/mol. The van der Waals surface area contributed by atoms with Crippen molar-refractivity contribution in [2.24, 2.45) is 0 Å². The van der Waals surface area contributed by atoms with Gasteiger partial charge in [0, 0.05) is 31.6 Å². The smallest absolute Gasteiger partial charge is 0.244 e. The molecule has 156 valence electrons. The average Bonchev–Trinajstić information content (AvgIpc) is 3.20. The highest BCUT2D eigenvalue weighted by Gasteiger charge is 2.31. The molecule has 1 fully saturated rings. The predicted octanol–water partition coefficient (Wildman–Crippen LogP) is 1.97. The van der Waals surface area contributed by atoms with E-state index in [9.17, 15) is 13.7 Å². The minimum atomic E-state index is -3.75. The summed E-state index contributed by atoms with van der Waals surface area (Å²) < 4.78 is 29.4. The third kappa shape index (κ3) is 3.19. The van der Waals surface area contributed by atoms with Crippen molar-refractivity contribution >= 4 is 32.5 Å². The van der Waals surface area contributed by atoms with Crippen LogP contribution in [-0.4, -0.2) is 58.5 Å². The molecule has 0 saturated carbocycles. The lowest BCUT2D eigenvalue weighted by molar-refractivity contribution is 0.381. The third-order valence-corrected chi connectivity index (χ3v) is 7.37. The van der Waals surface area contributed by atoms with Gasteiger partial charge < -0.3 is 4.90 Å². The highest BCUT2D eigenvalue weighted by Crippen LogP contribution is 2.25. The van der Waals surface area contributed by atoms with Gasteiger partial charge in [0.1, 0.15) is 11.9 Å². The first-order chi connectivity index (χ1) is 15.0. The molecular weight excluding hydrogens is 414 g/mol. The summed E-state index contributed by atoms with van der Waals surface area (Å²) in [5, 5.41) is 14.7. The van der Waals surface area contributed by atoms with Crippen molar-refractivity contribution in [2.75, 3.05) is 31.1 Å². The van der Waals surface area contributed by atoms with E-state index in [-0.39, 0.29) is 23.5 Å². The maximum absolute atomic E-state index is 13.1. The molecule has 0 aliphatic carbocycles. The Balaban J connectivity index is 1.47. The summed E-state index contributed by atoms with van der Waals surface area (Å²) in [4.78, 5) is 11.4. The Labute approximate surface area is 179 Å². The van der Waals surface area contributed by atoms with Gasteiger partial charge in [-0.3, -0.25) is 0 Å². The summed E-state index contributed by atoms with van der Waals surface area (Å²) in [6.45, 7) is 3.31. The number of rotatable bonds is 3. The molecule has 0 amide bonds. The molecule has 2 aromatic heterocycles. The maximum Gasteiger partial charge on any atom is 0.244 e. The van der Waals surface area contributed by atoms with Gasteiger partial charge in [0.05, 0.1) is 16.0 Å². The number of sulfonamides is 1. The second-order valence-electron chi connectivity index (χ2n) is 7.32. The third-order valence-electron chi connectivity index (χ3n) is 5.41. The number of para-hydroxylation sites is 1. The fraction of sp³-hybridized carbons (Fsp3) is 0.238. The minimum Gasteiger partial charge on any atom is -0.338 e. The minimum absolute atomic E-state index is 0.0454. The van der Waals surface area contributed by atoms with Crippen molar-refractivity contribution in [1.29, 1.82) is 5.26 Å². The Hall–Kier alpha value is -3.55. The number of anilines is 1. The molecule has 0 N–H and O–H groups in total. The summed E-state index contributed by atoms with van der Waals surface area (Å²) in [5.74, 6) is 1.29. The molecule has 3 heterocycles. The van der Waals surface area contributed by atoms with Crippen LogP contribution in [0.25, 0.3) is 16.6 Å². The summed E-state index contributed by atoms with van der Waals surface area (Å²) in [6.07, 6.45) is 0. The zero-order valence-corrected chi connectivity index (χ0v) is 17.6. The first-order valence-corrected chi connectivity index (χ1v) is 11.3. The van der Waals surface area contributed by atoms with E-state index in [1.165, 1.54) is 16.4 Å². The molecule has 0 unspecified atom stereocenters. The molecule has 2 aromatic carbocycles. The van der Waals surface area contributed by atoms with Gasteiger partial charge >= 0.3 is 0 Å². The van der Waals surface area contributed by atoms with Gasteiger partial charge in [0.25, 0.3) is 0 Å². The number of nitriles is 1. The van der Waals surface area contributed by atoms with Crippen molar-refractivity contribution in [1.82, 2.24) is 23.9 Å². The first-order valence-electron chi connectivity index (χ1n) is 9.85. The molecular formula is C21H19N7O2S. The van der Waals surface area contributed by atoms with Crippen LogP contribution in [0.5, 0.6) is 0 Å². The fourth-order valence-electron chi connectivity index (χ4n) is 3.90. The highest BCUT2D eigenvalue weighted by molar-refractivity contribution is 7.89. The molecule has 10 heteroatoms. The van der Waals surface area contributed by atoms with Crippen LogP contribution in [-0.2, 0) is 10.0 Å². The monoisotopic (exact) mass is 433 g/mol. The second kappa shape index (κ2) is 7.30. The standard InChI is InChI=1S/C21H19N7O2S/c1-15-23-20-17-7-3-4-8-18(17)24-21(28(20)25-15)26-10-12-27(13-11-26)31(29,30)19-9-5-2-6-16(19)14-22/h2-9H,10-13H2,1H3. The number of piperazine rings is 1. The van der Waals surface area contributed by atoms with Gasteiger partial charge in [0.2, 0.25) is 16.0 Å².